The van der Waals surface area contributed by atoms with Crippen LogP contribution in [0.15, 0.2) is 29.2 Å². The van der Waals surface area contributed by atoms with Gasteiger partial charge in [0, 0.05) is 17.9 Å². The highest BCUT2D eigenvalue weighted by atomic mass is 32.2. The maximum absolute atomic E-state index is 12.1. The van der Waals surface area contributed by atoms with E-state index in [1.807, 2.05) is 0 Å². The lowest BCUT2D eigenvalue weighted by Gasteiger charge is -2.16. The lowest BCUT2D eigenvalue weighted by molar-refractivity contribution is 0.0934. The molecule has 20 heavy (non-hydrogen) atoms. The first kappa shape index (κ1) is 15.0. The Hall–Kier alpha value is -1.40. The Morgan fingerprint density at radius 2 is 1.90 bits per heavy atom. The fraction of sp³-hybridized carbons (Fsp3) is 0.500. The minimum atomic E-state index is -3.22. The Kier molecular flexibility index (Phi) is 4.77. The molecule has 1 aliphatic rings. The van der Waals surface area contributed by atoms with Gasteiger partial charge >= 0.3 is 0 Å². The Bertz CT molecular complexity index is 559. The van der Waals surface area contributed by atoms with E-state index in [-0.39, 0.29) is 16.8 Å². The van der Waals surface area contributed by atoms with Crippen LogP contribution in [0.25, 0.3) is 0 Å². The Labute approximate surface area is 119 Å². The van der Waals surface area contributed by atoms with Crippen molar-refractivity contribution < 1.29 is 13.2 Å². The van der Waals surface area contributed by atoms with Crippen LogP contribution in [0, 0.1) is 0 Å². The van der Waals surface area contributed by atoms with Crippen LogP contribution in [0.5, 0.6) is 0 Å². The van der Waals surface area contributed by atoms with Crippen molar-refractivity contribution in [3.8, 4) is 0 Å². The smallest absolute Gasteiger partial charge is 0.251 e. The van der Waals surface area contributed by atoms with Gasteiger partial charge in [-0.2, -0.15) is 0 Å². The number of carbonyl (C=O) groups is 1. The predicted molar refractivity (Wildman–Crippen MR) is 77.5 cm³/mol. The highest BCUT2D eigenvalue weighted by molar-refractivity contribution is 7.90. The first-order chi connectivity index (χ1) is 9.47. The summed E-state index contributed by atoms with van der Waals surface area (Å²) >= 11 is 0. The topological polar surface area (TPSA) is 75.3 Å². The second-order valence-corrected chi connectivity index (χ2v) is 7.16. The van der Waals surface area contributed by atoms with Gasteiger partial charge in [0.15, 0.2) is 9.84 Å². The van der Waals surface area contributed by atoms with Gasteiger partial charge in [-0.1, -0.05) is 0 Å². The van der Waals surface area contributed by atoms with E-state index in [9.17, 15) is 13.2 Å². The Morgan fingerprint density at radius 1 is 1.20 bits per heavy atom. The molecule has 0 spiro atoms. The zero-order valence-electron chi connectivity index (χ0n) is 11.6. The number of amides is 1. The minimum Gasteiger partial charge on any atom is -0.349 e. The highest BCUT2D eigenvalue weighted by Gasteiger charge is 2.16. The molecule has 0 aromatic heterocycles. The summed E-state index contributed by atoms with van der Waals surface area (Å²) in [5, 5.41) is 6.30. The molecule has 0 saturated carbocycles. The lowest BCUT2D eigenvalue weighted by Crippen LogP contribution is -2.35. The molecule has 0 bridgehead atoms. The molecular formula is C14H20N2O3S. The van der Waals surface area contributed by atoms with Crippen molar-refractivity contribution >= 4 is 15.7 Å². The normalized spacial score (nSPS) is 20.1. The number of nitrogens with one attached hydrogen (secondary N) is 2. The van der Waals surface area contributed by atoms with Gasteiger partial charge in [-0.25, -0.2) is 8.42 Å². The van der Waals surface area contributed by atoms with E-state index in [1.54, 1.807) is 12.1 Å². The number of hydrogen-bond acceptors (Lipinski definition) is 4. The van der Waals surface area contributed by atoms with Gasteiger partial charge in [-0.3, -0.25) is 4.79 Å². The van der Waals surface area contributed by atoms with E-state index in [1.165, 1.54) is 12.1 Å². The zero-order valence-corrected chi connectivity index (χ0v) is 12.4. The molecule has 1 heterocycles. The van der Waals surface area contributed by atoms with Crippen LogP contribution in [0.4, 0.5) is 0 Å². The average Bonchev–Trinajstić information content (AvgIpc) is 2.66. The van der Waals surface area contributed by atoms with Crippen LogP contribution in [0.1, 0.15) is 29.6 Å². The van der Waals surface area contributed by atoms with Crippen molar-refractivity contribution in [1.82, 2.24) is 10.6 Å². The zero-order chi connectivity index (χ0) is 14.6. The standard InChI is InChI=1S/C14H20N2O3S/c1-20(18,19)13-6-4-11(5-7-13)14(17)16-12-3-2-9-15-10-8-12/h4-7,12,15H,2-3,8-10H2,1H3,(H,16,17). The second-order valence-electron chi connectivity index (χ2n) is 5.15. The molecule has 2 N–H and O–H groups in total. The van der Waals surface area contributed by atoms with E-state index in [0.717, 1.165) is 38.6 Å². The van der Waals surface area contributed by atoms with Crippen molar-refractivity contribution in [2.45, 2.75) is 30.2 Å². The second kappa shape index (κ2) is 6.37. The molecule has 5 nitrogen and oxygen atoms in total. The fourth-order valence-corrected chi connectivity index (χ4v) is 2.92. The summed E-state index contributed by atoms with van der Waals surface area (Å²) in [6.07, 6.45) is 4.10. The molecular weight excluding hydrogens is 276 g/mol. The third-order valence-corrected chi connectivity index (χ3v) is 4.58. The van der Waals surface area contributed by atoms with Gasteiger partial charge in [0.05, 0.1) is 4.90 Å². The maximum atomic E-state index is 12.1. The Morgan fingerprint density at radius 3 is 2.55 bits per heavy atom. The summed E-state index contributed by atoms with van der Waals surface area (Å²) in [6, 6.07) is 6.24. The maximum Gasteiger partial charge on any atom is 0.251 e. The van der Waals surface area contributed by atoms with E-state index in [4.69, 9.17) is 0 Å². The number of hydrogen-bond donors (Lipinski definition) is 2. The third-order valence-electron chi connectivity index (χ3n) is 3.46. The van der Waals surface area contributed by atoms with Gasteiger partial charge in [0.2, 0.25) is 0 Å². The van der Waals surface area contributed by atoms with Crippen LogP contribution < -0.4 is 10.6 Å². The molecule has 2 rings (SSSR count). The van der Waals surface area contributed by atoms with Gasteiger partial charge in [0.25, 0.3) is 5.91 Å². The molecule has 0 aliphatic carbocycles. The van der Waals surface area contributed by atoms with Crippen LogP contribution in [0.2, 0.25) is 0 Å². The van der Waals surface area contributed by atoms with Gasteiger partial charge in [-0.05, 0) is 56.6 Å². The summed E-state index contributed by atoms with van der Waals surface area (Å²) in [4.78, 5) is 12.3. The average molecular weight is 296 g/mol. The van der Waals surface area contributed by atoms with Crippen molar-refractivity contribution in [3.63, 3.8) is 0 Å². The lowest BCUT2D eigenvalue weighted by atomic mass is 10.1. The molecule has 0 radical (unpaired) electrons. The van der Waals surface area contributed by atoms with Crippen LogP contribution in [-0.2, 0) is 9.84 Å². The number of benzene rings is 1. The van der Waals surface area contributed by atoms with Crippen molar-refractivity contribution in [2.75, 3.05) is 19.3 Å². The van der Waals surface area contributed by atoms with Crippen LogP contribution in [0.3, 0.4) is 0 Å². The van der Waals surface area contributed by atoms with E-state index < -0.39 is 9.84 Å². The highest BCUT2D eigenvalue weighted by Crippen LogP contribution is 2.11. The monoisotopic (exact) mass is 296 g/mol. The molecule has 1 unspecified atom stereocenters. The van der Waals surface area contributed by atoms with Crippen LogP contribution in [-0.4, -0.2) is 39.7 Å². The molecule has 1 amide bonds. The molecule has 110 valence electrons. The largest absolute Gasteiger partial charge is 0.349 e. The molecule has 1 fully saturated rings. The molecule has 1 aromatic rings. The minimum absolute atomic E-state index is 0.142. The predicted octanol–water partition coefficient (Wildman–Crippen LogP) is 0.962. The van der Waals surface area contributed by atoms with Crippen molar-refractivity contribution in [2.24, 2.45) is 0 Å². The van der Waals surface area contributed by atoms with E-state index in [0.29, 0.717) is 5.56 Å². The van der Waals surface area contributed by atoms with Crippen LogP contribution >= 0.6 is 0 Å². The summed E-state index contributed by atoms with van der Waals surface area (Å²) < 4.78 is 22.7. The van der Waals surface area contributed by atoms with Gasteiger partial charge < -0.3 is 10.6 Å². The third kappa shape index (κ3) is 4.05. The molecule has 1 aliphatic heterocycles. The Balaban J connectivity index is 2.02. The first-order valence-electron chi connectivity index (χ1n) is 6.78. The number of carbonyl (C=O) groups excluding carboxylic acids is 1. The number of rotatable bonds is 3. The summed E-state index contributed by atoms with van der Waals surface area (Å²) in [6.45, 7) is 1.91. The van der Waals surface area contributed by atoms with E-state index in [2.05, 4.69) is 10.6 Å². The summed E-state index contributed by atoms with van der Waals surface area (Å²) in [5.41, 5.74) is 0.495. The first-order valence-corrected chi connectivity index (χ1v) is 8.67. The molecule has 1 saturated heterocycles. The molecule has 1 atom stereocenters. The quantitative estimate of drug-likeness (QED) is 0.871. The fourth-order valence-electron chi connectivity index (χ4n) is 2.29. The van der Waals surface area contributed by atoms with Gasteiger partial charge in [0.1, 0.15) is 0 Å². The van der Waals surface area contributed by atoms with Gasteiger partial charge in [-0.15, -0.1) is 0 Å². The number of sulfone groups is 1. The van der Waals surface area contributed by atoms with E-state index >= 15 is 0 Å². The van der Waals surface area contributed by atoms with Crippen molar-refractivity contribution in [1.29, 1.82) is 0 Å². The molecule has 1 aromatic carbocycles. The van der Waals surface area contributed by atoms with Crippen molar-refractivity contribution in [3.05, 3.63) is 29.8 Å². The summed E-state index contributed by atoms with van der Waals surface area (Å²) in [7, 11) is -3.22. The molecule has 6 heteroatoms. The SMILES string of the molecule is CS(=O)(=O)c1ccc(C(=O)NC2CCCNCC2)cc1. The summed E-state index contributed by atoms with van der Waals surface area (Å²) in [5.74, 6) is -0.142.